The maximum absolute atomic E-state index is 12.1. The molecule has 0 bridgehead atoms. The second kappa shape index (κ2) is 13.9. The quantitative estimate of drug-likeness (QED) is 0.185. The van der Waals surface area contributed by atoms with Crippen LogP contribution in [0.2, 0.25) is 0 Å². The molecule has 0 saturated carbocycles. The number of carbonyl (C=O) groups excluding carboxylic acids is 2. The Bertz CT molecular complexity index is 1710. The molecule has 0 spiro atoms. The van der Waals surface area contributed by atoms with Gasteiger partial charge in [-0.1, -0.05) is 56.3 Å². The molecular weight excluding hydrogens is 542 g/mol. The summed E-state index contributed by atoms with van der Waals surface area (Å²) in [4.78, 5) is 24.3. The summed E-state index contributed by atoms with van der Waals surface area (Å²) in [7, 11) is 1.38. The van der Waals surface area contributed by atoms with E-state index in [9.17, 15) is 9.59 Å². The zero-order chi connectivity index (χ0) is 31.0. The van der Waals surface area contributed by atoms with Crippen LogP contribution in [0.15, 0.2) is 89.5 Å². The molecule has 0 atom stereocenters. The predicted octanol–water partition coefficient (Wildman–Crippen LogP) is 8.60. The highest BCUT2D eigenvalue weighted by molar-refractivity contribution is 5.93. The van der Waals surface area contributed by atoms with Crippen molar-refractivity contribution in [2.75, 3.05) is 7.11 Å². The summed E-state index contributed by atoms with van der Waals surface area (Å²) in [6.45, 7) is 10.1. The molecule has 0 aliphatic carbocycles. The van der Waals surface area contributed by atoms with Crippen molar-refractivity contribution < 1.29 is 28.2 Å². The van der Waals surface area contributed by atoms with E-state index in [4.69, 9.17) is 18.6 Å². The SMILES string of the molecule is CC.COC(=O)Cc1cc2ccccc2cc1OCc1cc(-c2cccc(CNC(=O)OC(C)(C)C)c2)c2occc2c1. The van der Waals surface area contributed by atoms with Gasteiger partial charge in [0.05, 0.1) is 19.8 Å². The fourth-order valence-corrected chi connectivity index (χ4v) is 4.71. The Morgan fingerprint density at radius 2 is 1.58 bits per heavy atom. The molecule has 1 amide bonds. The maximum Gasteiger partial charge on any atom is 0.407 e. The second-order valence-corrected chi connectivity index (χ2v) is 10.9. The molecule has 43 heavy (non-hydrogen) atoms. The summed E-state index contributed by atoms with van der Waals surface area (Å²) in [6.07, 6.45) is 1.33. The fraction of sp³-hybridized carbons (Fsp3) is 0.278. The molecule has 0 aliphatic rings. The number of benzene rings is 4. The van der Waals surface area contributed by atoms with E-state index >= 15 is 0 Å². The van der Waals surface area contributed by atoms with E-state index in [1.54, 1.807) is 6.26 Å². The van der Waals surface area contributed by atoms with E-state index in [0.717, 1.165) is 49.6 Å². The highest BCUT2D eigenvalue weighted by Crippen LogP contribution is 2.33. The number of nitrogens with one attached hydrogen (secondary N) is 1. The van der Waals surface area contributed by atoms with Crippen LogP contribution in [0.1, 0.15) is 51.3 Å². The number of alkyl carbamates (subject to hydrolysis) is 1. The van der Waals surface area contributed by atoms with Crippen molar-refractivity contribution in [3.05, 3.63) is 102 Å². The molecule has 1 aromatic heterocycles. The third-order valence-corrected chi connectivity index (χ3v) is 6.57. The number of hydrogen-bond donors (Lipinski definition) is 1. The smallest absolute Gasteiger partial charge is 0.407 e. The van der Waals surface area contributed by atoms with Gasteiger partial charge in [0.15, 0.2) is 0 Å². The van der Waals surface area contributed by atoms with Crippen LogP contribution in [0.5, 0.6) is 5.75 Å². The molecule has 1 N–H and O–H groups in total. The Morgan fingerprint density at radius 1 is 0.837 bits per heavy atom. The van der Waals surface area contributed by atoms with Crippen molar-refractivity contribution in [1.82, 2.24) is 5.32 Å². The van der Waals surface area contributed by atoms with Gasteiger partial charge < -0.3 is 23.9 Å². The molecule has 0 unspecified atom stereocenters. The third-order valence-electron chi connectivity index (χ3n) is 6.57. The number of ether oxygens (including phenoxy) is 3. The Kier molecular flexibility index (Phi) is 10.1. The first kappa shape index (κ1) is 31.2. The normalized spacial score (nSPS) is 11.0. The molecule has 0 saturated heterocycles. The van der Waals surface area contributed by atoms with Gasteiger partial charge in [-0.2, -0.15) is 0 Å². The molecule has 224 valence electrons. The molecule has 1 heterocycles. The third kappa shape index (κ3) is 8.16. The van der Waals surface area contributed by atoms with E-state index < -0.39 is 11.7 Å². The second-order valence-electron chi connectivity index (χ2n) is 10.9. The minimum atomic E-state index is -0.563. The van der Waals surface area contributed by atoms with Gasteiger partial charge in [0.25, 0.3) is 0 Å². The summed E-state index contributed by atoms with van der Waals surface area (Å²) in [5, 5.41) is 5.82. The van der Waals surface area contributed by atoms with Crippen LogP contribution >= 0.6 is 0 Å². The Morgan fingerprint density at radius 3 is 2.30 bits per heavy atom. The Balaban J connectivity index is 0.00000207. The monoisotopic (exact) mass is 581 g/mol. The van der Waals surface area contributed by atoms with Gasteiger partial charge in [-0.25, -0.2) is 4.79 Å². The zero-order valence-electron chi connectivity index (χ0n) is 25.7. The number of rotatable bonds is 8. The van der Waals surface area contributed by atoms with Crippen LogP contribution in [0, 0.1) is 0 Å². The van der Waals surface area contributed by atoms with Crippen LogP contribution in [0.3, 0.4) is 0 Å². The summed E-state index contributed by atoms with van der Waals surface area (Å²) in [6, 6.07) is 25.9. The van der Waals surface area contributed by atoms with Crippen molar-refractivity contribution in [3.63, 3.8) is 0 Å². The van der Waals surface area contributed by atoms with Crippen LogP contribution in [0.4, 0.5) is 4.79 Å². The number of methoxy groups -OCH3 is 1. The average molecular weight is 582 g/mol. The number of hydrogen-bond acceptors (Lipinski definition) is 6. The van der Waals surface area contributed by atoms with Crippen LogP contribution in [-0.4, -0.2) is 24.8 Å². The molecule has 0 radical (unpaired) electrons. The van der Waals surface area contributed by atoms with Gasteiger partial charge in [0.1, 0.15) is 23.5 Å². The van der Waals surface area contributed by atoms with Crippen molar-refractivity contribution >= 4 is 33.8 Å². The summed E-state index contributed by atoms with van der Waals surface area (Å²) >= 11 is 0. The van der Waals surface area contributed by atoms with E-state index in [1.807, 2.05) is 113 Å². The molecule has 5 aromatic rings. The average Bonchev–Trinajstić information content (AvgIpc) is 3.47. The largest absolute Gasteiger partial charge is 0.489 e. The molecule has 7 heteroatoms. The Labute approximate surface area is 252 Å². The number of carbonyl (C=O) groups is 2. The van der Waals surface area contributed by atoms with Gasteiger partial charge in [0, 0.05) is 23.1 Å². The van der Waals surface area contributed by atoms with Crippen LogP contribution in [0.25, 0.3) is 32.9 Å². The van der Waals surface area contributed by atoms with Crippen LogP contribution < -0.4 is 10.1 Å². The molecule has 0 fully saturated rings. The van der Waals surface area contributed by atoms with Crippen molar-refractivity contribution in [1.29, 1.82) is 0 Å². The lowest BCUT2D eigenvalue weighted by Gasteiger charge is -2.19. The summed E-state index contributed by atoms with van der Waals surface area (Å²) < 4.78 is 22.4. The van der Waals surface area contributed by atoms with Crippen molar-refractivity contribution in [2.24, 2.45) is 0 Å². The summed E-state index contributed by atoms with van der Waals surface area (Å²) in [5.74, 6) is 0.312. The van der Waals surface area contributed by atoms with Crippen LogP contribution in [-0.2, 0) is 33.8 Å². The van der Waals surface area contributed by atoms with Gasteiger partial charge in [-0.3, -0.25) is 4.79 Å². The van der Waals surface area contributed by atoms with E-state index in [2.05, 4.69) is 5.32 Å². The number of furan rings is 1. The first-order valence-electron chi connectivity index (χ1n) is 14.5. The van der Waals surface area contributed by atoms with Crippen molar-refractivity contribution in [2.45, 2.75) is 59.8 Å². The lowest BCUT2D eigenvalue weighted by atomic mass is 9.99. The minimum Gasteiger partial charge on any atom is -0.489 e. The van der Waals surface area contributed by atoms with E-state index in [-0.39, 0.29) is 12.4 Å². The number of amides is 1. The first-order valence-corrected chi connectivity index (χ1v) is 14.5. The predicted molar refractivity (Wildman–Crippen MR) is 170 cm³/mol. The van der Waals surface area contributed by atoms with Gasteiger partial charge in [-0.15, -0.1) is 0 Å². The molecule has 5 rings (SSSR count). The van der Waals surface area contributed by atoms with Gasteiger partial charge >= 0.3 is 12.1 Å². The lowest BCUT2D eigenvalue weighted by molar-refractivity contribution is -0.139. The molecule has 7 nitrogen and oxygen atoms in total. The molecular formula is C36H39NO6. The molecule has 0 aliphatic heterocycles. The van der Waals surface area contributed by atoms with E-state index in [0.29, 0.717) is 18.9 Å². The number of esters is 1. The fourth-order valence-electron chi connectivity index (χ4n) is 4.71. The van der Waals surface area contributed by atoms with Crippen molar-refractivity contribution in [3.8, 4) is 16.9 Å². The highest BCUT2D eigenvalue weighted by atomic mass is 16.6. The summed E-state index contributed by atoms with van der Waals surface area (Å²) in [5.41, 5.74) is 4.72. The minimum absolute atomic E-state index is 0.118. The van der Waals surface area contributed by atoms with Gasteiger partial charge in [0.2, 0.25) is 0 Å². The number of fused-ring (bicyclic) bond motifs is 2. The first-order chi connectivity index (χ1) is 20.7. The highest BCUT2D eigenvalue weighted by Gasteiger charge is 2.17. The standard InChI is InChI=1S/C34H33NO6.C2H6/c1-34(2,3)41-33(37)35-20-22-8-7-11-26(14-22)29-16-23(15-27-12-13-39-32(27)29)21-40-30-18-25-10-6-5-9-24(25)17-28(30)19-31(36)38-4;1-2/h5-18H,19-21H2,1-4H3,(H,35,37);1-2H3. The topological polar surface area (TPSA) is 87.0 Å². The maximum atomic E-state index is 12.1. The molecule has 4 aromatic carbocycles. The zero-order valence-corrected chi connectivity index (χ0v) is 25.7. The Hall–Kier alpha value is -4.78. The van der Waals surface area contributed by atoms with Gasteiger partial charge in [-0.05, 0) is 84.6 Å². The lowest BCUT2D eigenvalue weighted by Crippen LogP contribution is -2.32. The van der Waals surface area contributed by atoms with E-state index in [1.165, 1.54) is 7.11 Å².